The minimum Gasteiger partial charge on any atom is -0.396 e. The minimum atomic E-state index is 0.0141. The van der Waals surface area contributed by atoms with Gasteiger partial charge in [0.1, 0.15) is 0 Å². The Labute approximate surface area is 134 Å². The van der Waals surface area contributed by atoms with Crippen molar-refractivity contribution in [3.8, 4) is 0 Å². The Bertz CT molecular complexity index is 409. The van der Waals surface area contributed by atoms with Gasteiger partial charge in [0, 0.05) is 19.7 Å². The molecule has 3 heteroatoms. The fraction of sp³-hybridized carbons (Fsp3) is 0.947. The molecule has 4 saturated carbocycles. The van der Waals surface area contributed by atoms with E-state index in [1.165, 1.54) is 38.5 Å². The van der Waals surface area contributed by atoms with Crippen molar-refractivity contribution < 1.29 is 9.90 Å². The monoisotopic (exact) mass is 305 g/mol. The van der Waals surface area contributed by atoms with E-state index in [-0.39, 0.29) is 17.4 Å². The summed E-state index contributed by atoms with van der Waals surface area (Å²) in [6, 6.07) is 0. The van der Waals surface area contributed by atoms with Gasteiger partial charge in [-0.3, -0.25) is 4.79 Å². The number of hydrogen-bond acceptors (Lipinski definition) is 2. The second kappa shape index (κ2) is 5.22. The zero-order valence-electron chi connectivity index (χ0n) is 14.0. The van der Waals surface area contributed by atoms with Crippen molar-refractivity contribution in [2.45, 2.75) is 64.7 Å². The van der Waals surface area contributed by atoms with Crippen LogP contribution in [0.15, 0.2) is 0 Å². The maximum atomic E-state index is 13.3. The number of amides is 1. The molecular weight excluding hydrogens is 274 g/mol. The number of aliphatic hydroxyl groups excluding tert-OH is 1. The Kier molecular flexibility index (Phi) is 3.56. The summed E-state index contributed by atoms with van der Waals surface area (Å²) < 4.78 is 0. The maximum absolute atomic E-state index is 13.3. The lowest BCUT2D eigenvalue weighted by Crippen LogP contribution is -2.56. The first-order valence-corrected chi connectivity index (χ1v) is 9.48. The summed E-state index contributed by atoms with van der Waals surface area (Å²) in [6.07, 6.45) is 10.7. The lowest BCUT2D eigenvalue weighted by atomic mass is 9.49. The summed E-state index contributed by atoms with van der Waals surface area (Å²) in [6.45, 7) is 4.19. The highest BCUT2D eigenvalue weighted by Crippen LogP contribution is 2.60. The highest BCUT2D eigenvalue weighted by Gasteiger charge is 2.55. The van der Waals surface area contributed by atoms with Crippen LogP contribution in [0, 0.1) is 28.6 Å². The molecule has 5 aliphatic rings. The summed E-state index contributed by atoms with van der Waals surface area (Å²) in [5.74, 6) is 3.00. The molecular formula is C19H31NO2. The van der Waals surface area contributed by atoms with Crippen molar-refractivity contribution in [2.24, 2.45) is 28.6 Å². The Morgan fingerprint density at radius 3 is 1.95 bits per heavy atom. The van der Waals surface area contributed by atoms with Gasteiger partial charge in [-0.25, -0.2) is 0 Å². The quantitative estimate of drug-likeness (QED) is 0.870. The van der Waals surface area contributed by atoms with Crippen LogP contribution in [0.4, 0.5) is 0 Å². The zero-order valence-corrected chi connectivity index (χ0v) is 14.0. The van der Waals surface area contributed by atoms with E-state index in [0.29, 0.717) is 5.91 Å². The average molecular weight is 305 g/mol. The van der Waals surface area contributed by atoms with Gasteiger partial charge in [-0.15, -0.1) is 0 Å². The van der Waals surface area contributed by atoms with Crippen molar-refractivity contribution in [3.05, 3.63) is 0 Å². The molecule has 1 aliphatic heterocycles. The second-order valence-corrected chi connectivity index (χ2v) is 9.00. The molecule has 5 fully saturated rings. The molecule has 0 aromatic heterocycles. The SMILES string of the molecule is CCC1(CO)CCN(C(=O)C23CC4CC(CC(C4)C2)C3)CC1. The standard InChI is InChI=1S/C19H31NO2/c1-2-18(13-21)3-5-20(6-4-18)17(22)19-10-14-7-15(11-19)9-16(8-14)12-19/h14-16,21H,2-13H2,1H3. The molecule has 22 heavy (non-hydrogen) atoms. The number of rotatable bonds is 3. The number of carbonyl (C=O) groups excluding carboxylic acids is 1. The highest BCUT2D eigenvalue weighted by atomic mass is 16.3. The van der Waals surface area contributed by atoms with E-state index in [0.717, 1.165) is 50.1 Å². The van der Waals surface area contributed by atoms with Gasteiger partial charge >= 0.3 is 0 Å². The molecule has 0 atom stereocenters. The summed E-state index contributed by atoms with van der Waals surface area (Å²) in [7, 11) is 0. The van der Waals surface area contributed by atoms with E-state index >= 15 is 0 Å². The average Bonchev–Trinajstić information content (AvgIpc) is 2.53. The molecule has 0 spiro atoms. The molecule has 1 heterocycles. The van der Waals surface area contributed by atoms with Gasteiger partial charge in [-0.2, -0.15) is 0 Å². The molecule has 4 bridgehead atoms. The first-order chi connectivity index (χ1) is 10.6. The van der Waals surface area contributed by atoms with Gasteiger partial charge in [-0.05, 0) is 81.0 Å². The topological polar surface area (TPSA) is 40.5 Å². The number of piperidine rings is 1. The molecule has 1 saturated heterocycles. The molecule has 0 radical (unpaired) electrons. The van der Waals surface area contributed by atoms with Crippen LogP contribution in [-0.4, -0.2) is 35.6 Å². The van der Waals surface area contributed by atoms with E-state index in [1.54, 1.807) is 0 Å². The van der Waals surface area contributed by atoms with Crippen LogP contribution in [0.1, 0.15) is 64.7 Å². The van der Waals surface area contributed by atoms with Crippen LogP contribution in [0.2, 0.25) is 0 Å². The van der Waals surface area contributed by atoms with Crippen molar-refractivity contribution in [3.63, 3.8) is 0 Å². The molecule has 124 valence electrons. The van der Waals surface area contributed by atoms with Crippen LogP contribution in [0.3, 0.4) is 0 Å². The predicted molar refractivity (Wildman–Crippen MR) is 86.2 cm³/mol. The number of aliphatic hydroxyl groups is 1. The molecule has 4 aliphatic carbocycles. The summed E-state index contributed by atoms with van der Waals surface area (Å²) in [5, 5.41) is 9.69. The van der Waals surface area contributed by atoms with E-state index in [4.69, 9.17) is 0 Å². The van der Waals surface area contributed by atoms with Crippen LogP contribution in [0.5, 0.6) is 0 Å². The Morgan fingerprint density at radius 1 is 1.05 bits per heavy atom. The lowest BCUT2D eigenvalue weighted by molar-refractivity contribution is -0.160. The third-order valence-corrected chi connectivity index (χ3v) is 7.69. The van der Waals surface area contributed by atoms with Crippen molar-refractivity contribution in [2.75, 3.05) is 19.7 Å². The Hall–Kier alpha value is -0.570. The predicted octanol–water partition coefficient (Wildman–Crippen LogP) is 3.21. The fourth-order valence-electron chi connectivity index (χ4n) is 6.52. The fourth-order valence-corrected chi connectivity index (χ4v) is 6.52. The number of hydrogen-bond donors (Lipinski definition) is 1. The summed E-state index contributed by atoms with van der Waals surface area (Å²) in [4.78, 5) is 15.5. The summed E-state index contributed by atoms with van der Waals surface area (Å²) in [5.41, 5.74) is 0.0957. The lowest BCUT2D eigenvalue weighted by Gasteiger charge is -2.57. The summed E-state index contributed by atoms with van der Waals surface area (Å²) >= 11 is 0. The second-order valence-electron chi connectivity index (χ2n) is 9.00. The highest BCUT2D eigenvalue weighted by molar-refractivity contribution is 5.83. The van der Waals surface area contributed by atoms with Crippen LogP contribution in [0.25, 0.3) is 0 Å². The van der Waals surface area contributed by atoms with E-state index < -0.39 is 0 Å². The molecule has 1 amide bonds. The van der Waals surface area contributed by atoms with Crippen LogP contribution >= 0.6 is 0 Å². The van der Waals surface area contributed by atoms with Crippen LogP contribution < -0.4 is 0 Å². The van der Waals surface area contributed by atoms with Crippen molar-refractivity contribution in [1.29, 1.82) is 0 Å². The van der Waals surface area contributed by atoms with Crippen molar-refractivity contribution in [1.82, 2.24) is 4.90 Å². The largest absolute Gasteiger partial charge is 0.396 e. The van der Waals surface area contributed by atoms with Crippen LogP contribution in [-0.2, 0) is 4.79 Å². The zero-order chi connectivity index (χ0) is 15.4. The van der Waals surface area contributed by atoms with Gasteiger partial charge < -0.3 is 10.0 Å². The molecule has 3 nitrogen and oxygen atoms in total. The molecule has 0 aromatic carbocycles. The van der Waals surface area contributed by atoms with Gasteiger partial charge in [0.25, 0.3) is 0 Å². The molecule has 5 rings (SSSR count). The van der Waals surface area contributed by atoms with E-state index in [1.807, 2.05) is 0 Å². The first kappa shape index (κ1) is 15.0. The Morgan fingerprint density at radius 2 is 1.55 bits per heavy atom. The normalized spacial score (nSPS) is 42.6. The number of likely N-dealkylation sites (tertiary alicyclic amines) is 1. The minimum absolute atomic E-state index is 0.0141. The molecule has 0 unspecified atom stereocenters. The third kappa shape index (κ3) is 2.23. The number of carbonyl (C=O) groups is 1. The van der Waals surface area contributed by atoms with Gasteiger partial charge in [0.2, 0.25) is 5.91 Å². The Balaban J connectivity index is 1.47. The van der Waals surface area contributed by atoms with Gasteiger partial charge in [0.15, 0.2) is 0 Å². The molecule has 1 N–H and O–H groups in total. The third-order valence-electron chi connectivity index (χ3n) is 7.69. The molecule has 0 aromatic rings. The number of nitrogens with zero attached hydrogens (tertiary/aromatic N) is 1. The van der Waals surface area contributed by atoms with E-state index in [2.05, 4.69) is 11.8 Å². The van der Waals surface area contributed by atoms with E-state index in [9.17, 15) is 9.90 Å². The maximum Gasteiger partial charge on any atom is 0.228 e. The smallest absolute Gasteiger partial charge is 0.228 e. The van der Waals surface area contributed by atoms with Gasteiger partial charge in [0.05, 0.1) is 5.41 Å². The van der Waals surface area contributed by atoms with Gasteiger partial charge in [-0.1, -0.05) is 6.92 Å². The van der Waals surface area contributed by atoms with Crippen molar-refractivity contribution >= 4 is 5.91 Å². The first-order valence-electron chi connectivity index (χ1n) is 9.48.